The van der Waals surface area contributed by atoms with Crippen molar-refractivity contribution in [3.63, 3.8) is 0 Å². The van der Waals surface area contributed by atoms with Crippen molar-refractivity contribution in [3.8, 4) is 11.5 Å². The van der Waals surface area contributed by atoms with Crippen LogP contribution in [0, 0.1) is 5.41 Å². The average Bonchev–Trinajstić information content (AvgIpc) is 2.65. The Bertz CT molecular complexity index is 620. The van der Waals surface area contributed by atoms with Crippen molar-refractivity contribution >= 4 is 29.9 Å². The van der Waals surface area contributed by atoms with Gasteiger partial charge in [-0.05, 0) is 43.4 Å². The van der Waals surface area contributed by atoms with Gasteiger partial charge in [-0.25, -0.2) is 0 Å². The van der Waals surface area contributed by atoms with Gasteiger partial charge in [-0.2, -0.15) is 0 Å². The molecule has 0 amide bonds. The molecule has 1 saturated carbocycles. The molecule has 0 radical (unpaired) electrons. The van der Waals surface area contributed by atoms with Gasteiger partial charge >= 0.3 is 0 Å². The second-order valence-corrected chi connectivity index (χ2v) is 6.80. The second-order valence-electron chi connectivity index (χ2n) is 6.80. The Morgan fingerprint density at radius 2 is 1.85 bits per heavy atom. The zero-order chi connectivity index (χ0) is 19.2. The number of ether oxygens (including phenoxy) is 3. The van der Waals surface area contributed by atoms with Crippen molar-refractivity contribution in [2.45, 2.75) is 51.7 Å². The topological polar surface area (TPSA) is 78.1 Å². The Hall–Kier alpha value is -1.22. The molecule has 0 aliphatic heterocycles. The number of rotatable bonds is 9. The van der Waals surface area contributed by atoms with Crippen molar-refractivity contribution in [1.82, 2.24) is 5.32 Å². The van der Waals surface area contributed by atoms with Crippen LogP contribution < -0.4 is 20.5 Å². The summed E-state index contributed by atoms with van der Waals surface area (Å²) >= 11 is 0. The van der Waals surface area contributed by atoms with Crippen molar-refractivity contribution in [1.29, 1.82) is 0 Å². The Morgan fingerprint density at radius 3 is 2.41 bits per heavy atom. The van der Waals surface area contributed by atoms with E-state index in [0.29, 0.717) is 24.7 Å². The van der Waals surface area contributed by atoms with Crippen molar-refractivity contribution < 1.29 is 14.2 Å². The van der Waals surface area contributed by atoms with E-state index >= 15 is 0 Å². The first-order chi connectivity index (χ1) is 12.5. The van der Waals surface area contributed by atoms with Crippen molar-refractivity contribution in [2.24, 2.45) is 16.1 Å². The molecule has 0 heterocycles. The molecule has 0 aromatic heterocycles. The number of nitrogens with two attached hydrogens (primary N) is 1. The number of nitrogens with one attached hydrogen (secondary N) is 1. The van der Waals surface area contributed by atoms with Gasteiger partial charge in [0.1, 0.15) is 0 Å². The molecule has 2 rings (SSSR count). The van der Waals surface area contributed by atoms with E-state index in [4.69, 9.17) is 19.9 Å². The van der Waals surface area contributed by atoms with E-state index in [9.17, 15) is 0 Å². The van der Waals surface area contributed by atoms with Crippen molar-refractivity contribution in [3.05, 3.63) is 23.8 Å². The molecule has 6 nitrogen and oxygen atoms in total. The predicted molar refractivity (Wildman–Crippen MR) is 121 cm³/mol. The van der Waals surface area contributed by atoms with E-state index in [1.165, 1.54) is 0 Å². The monoisotopic (exact) mass is 491 g/mol. The summed E-state index contributed by atoms with van der Waals surface area (Å²) in [5.74, 6) is 1.97. The van der Waals surface area contributed by atoms with E-state index in [0.717, 1.165) is 42.7 Å². The van der Waals surface area contributed by atoms with E-state index in [2.05, 4.69) is 24.2 Å². The quantitative estimate of drug-likeness (QED) is 0.315. The highest BCUT2D eigenvalue weighted by Gasteiger charge is 2.53. The number of halogens is 1. The normalized spacial score (nSPS) is 21.0. The minimum atomic E-state index is 0. The Balaban J connectivity index is 0.00000364. The van der Waals surface area contributed by atoms with E-state index < -0.39 is 0 Å². The molecule has 2 unspecified atom stereocenters. The molecule has 1 aliphatic carbocycles. The summed E-state index contributed by atoms with van der Waals surface area (Å²) in [5, 5.41) is 3.40. The van der Waals surface area contributed by atoms with Crippen LogP contribution in [0.1, 0.15) is 38.7 Å². The fourth-order valence-electron chi connectivity index (χ4n) is 4.04. The number of methoxy groups -OCH3 is 3. The molecule has 2 atom stereocenters. The molecular weight excluding hydrogens is 457 g/mol. The molecule has 7 heteroatoms. The molecule has 1 aromatic carbocycles. The predicted octanol–water partition coefficient (Wildman–Crippen LogP) is 3.36. The lowest BCUT2D eigenvalue weighted by atomic mass is 9.58. The van der Waals surface area contributed by atoms with E-state index in [1.807, 2.05) is 18.2 Å². The van der Waals surface area contributed by atoms with Crippen LogP contribution in [0.4, 0.5) is 0 Å². The Morgan fingerprint density at radius 1 is 1.19 bits per heavy atom. The van der Waals surface area contributed by atoms with Gasteiger partial charge in [-0.1, -0.05) is 19.9 Å². The zero-order valence-electron chi connectivity index (χ0n) is 17.1. The highest BCUT2D eigenvalue weighted by molar-refractivity contribution is 14.0. The fraction of sp³-hybridized carbons (Fsp3) is 0.650. The molecule has 0 bridgehead atoms. The molecule has 154 valence electrons. The molecule has 0 spiro atoms. The lowest BCUT2D eigenvalue weighted by molar-refractivity contribution is -0.118. The Kier molecular flexibility index (Phi) is 9.66. The summed E-state index contributed by atoms with van der Waals surface area (Å²) in [6, 6.07) is 6.24. The number of hydrogen-bond acceptors (Lipinski definition) is 4. The average molecular weight is 491 g/mol. The third-order valence-corrected chi connectivity index (χ3v) is 5.84. The van der Waals surface area contributed by atoms with Crippen LogP contribution in [0.15, 0.2) is 23.2 Å². The van der Waals surface area contributed by atoms with Crippen LogP contribution in [-0.4, -0.2) is 46.0 Å². The van der Waals surface area contributed by atoms with Gasteiger partial charge in [0.05, 0.1) is 20.3 Å². The summed E-state index contributed by atoms with van der Waals surface area (Å²) in [5.41, 5.74) is 7.41. The third-order valence-electron chi connectivity index (χ3n) is 5.84. The van der Waals surface area contributed by atoms with Gasteiger partial charge in [-0.3, -0.25) is 4.99 Å². The number of benzene rings is 1. The van der Waals surface area contributed by atoms with Gasteiger partial charge in [-0.15, -0.1) is 24.0 Å². The zero-order valence-corrected chi connectivity index (χ0v) is 19.4. The minimum absolute atomic E-state index is 0. The smallest absolute Gasteiger partial charge is 0.188 e. The maximum Gasteiger partial charge on any atom is 0.188 e. The van der Waals surface area contributed by atoms with Gasteiger partial charge in [0.15, 0.2) is 17.5 Å². The standard InChI is InChI=1S/C20H33N3O3.HI/c1-6-20(7-2)17(13-18(20)26-5)23-19(21)22-11-10-14-8-9-15(24-3)16(12-14)25-4;/h8-9,12,17-18H,6-7,10-11,13H2,1-5H3,(H3,21,22,23);1H. The first-order valence-corrected chi connectivity index (χ1v) is 9.34. The molecule has 0 saturated heterocycles. The van der Waals surface area contributed by atoms with E-state index in [1.54, 1.807) is 21.3 Å². The second kappa shape index (κ2) is 10.9. The van der Waals surface area contributed by atoms with E-state index in [-0.39, 0.29) is 29.4 Å². The molecular formula is C20H34IN3O3. The summed E-state index contributed by atoms with van der Waals surface area (Å²) < 4.78 is 16.2. The van der Waals surface area contributed by atoms with Crippen molar-refractivity contribution in [2.75, 3.05) is 27.9 Å². The summed E-state index contributed by atoms with van der Waals surface area (Å²) in [4.78, 5) is 4.49. The number of nitrogens with zero attached hydrogens (tertiary/aromatic N) is 1. The van der Waals surface area contributed by atoms with Crippen LogP contribution in [0.2, 0.25) is 0 Å². The highest BCUT2D eigenvalue weighted by atomic mass is 127. The fourth-order valence-corrected chi connectivity index (χ4v) is 4.04. The summed E-state index contributed by atoms with van der Waals surface area (Å²) in [7, 11) is 5.07. The van der Waals surface area contributed by atoms with Crippen LogP contribution in [0.3, 0.4) is 0 Å². The SMILES string of the molecule is CCC1(CC)C(NC(N)=NCCc2ccc(OC)c(OC)c2)CC1OC.I. The van der Waals surface area contributed by atoms with Gasteiger partial charge in [0.25, 0.3) is 0 Å². The summed E-state index contributed by atoms with van der Waals surface area (Å²) in [6.45, 7) is 5.06. The molecule has 1 aromatic rings. The van der Waals surface area contributed by atoms with Crippen LogP contribution >= 0.6 is 24.0 Å². The highest BCUT2D eigenvalue weighted by Crippen LogP contribution is 2.48. The van der Waals surface area contributed by atoms with Crippen LogP contribution in [0.5, 0.6) is 11.5 Å². The number of guanidine groups is 1. The lowest BCUT2D eigenvalue weighted by Gasteiger charge is -2.55. The minimum Gasteiger partial charge on any atom is -0.493 e. The van der Waals surface area contributed by atoms with Crippen LogP contribution in [0.25, 0.3) is 0 Å². The summed E-state index contributed by atoms with van der Waals surface area (Å²) in [6.07, 6.45) is 4.21. The largest absolute Gasteiger partial charge is 0.493 e. The Labute approximate surface area is 180 Å². The van der Waals surface area contributed by atoms with Gasteiger partial charge < -0.3 is 25.3 Å². The third kappa shape index (κ3) is 5.19. The van der Waals surface area contributed by atoms with Gasteiger partial charge in [0.2, 0.25) is 0 Å². The lowest BCUT2D eigenvalue weighted by Crippen LogP contribution is -2.65. The maximum absolute atomic E-state index is 6.12. The first kappa shape index (κ1) is 23.8. The molecule has 1 aliphatic rings. The maximum atomic E-state index is 6.12. The first-order valence-electron chi connectivity index (χ1n) is 9.34. The number of aliphatic imine (C=N–C) groups is 1. The molecule has 27 heavy (non-hydrogen) atoms. The van der Waals surface area contributed by atoms with Crippen LogP contribution in [-0.2, 0) is 11.2 Å². The number of hydrogen-bond donors (Lipinski definition) is 2. The van der Waals surface area contributed by atoms with Gasteiger partial charge in [0, 0.05) is 25.1 Å². The molecule has 1 fully saturated rings. The molecule has 3 N–H and O–H groups in total.